The summed E-state index contributed by atoms with van der Waals surface area (Å²) >= 11 is 0. The molecule has 1 aromatic carbocycles. The number of nitro groups is 1. The van der Waals surface area contributed by atoms with Crippen LogP contribution in [-0.2, 0) is 6.42 Å². The standard InChI is InChI=1S/C20H27N5O3/c1-4-23(5-2)20(26)21-24-12-13-9-17-15(7-6-8-22(17)3)16-10-14(25(27)28)11-18(24)19(13)16/h10-12,15,17H,4-9H2,1-3H3,(H,21,26)/t15-,17-/m1/s1. The van der Waals surface area contributed by atoms with Crippen LogP contribution in [0.5, 0.6) is 0 Å². The molecule has 0 saturated carbocycles. The number of hydrogen-bond acceptors (Lipinski definition) is 4. The molecular formula is C20H27N5O3. The van der Waals surface area contributed by atoms with Gasteiger partial charge in [-0.25, -0.2) is 10.2 Å². The molecule has 2 heterocycles. The molecule has 1 N–H and O–H groups in total. The van der Waals surface area contributed by atoms with Gasteiger partial charge in [-0.1, -0.05) is 0 Å². The zero-order valence-electron chi connectivity index (χ0n) is 16.6. The monoisotopic (exact) mass is 385 g/mol. The molecule has 28 heavy (non-hydrogen) atoms. The molecular weight excluding hydrogens is 358 g/mol. The van der Waals surface area contributed by atoms with E-state index >= 15 is 0 Å². The zero-order chi connectivity index (χ0) is 20.0. The fourth-order valence-electron chi connectivity index (χ4n) is 4.90. The molecule has 8 nitrogen and oxygen atoms in total. The molecule has 0 radical (unpaired) electrons. The van der Waals surface area contributed by atoms with Crippen LogP contribution in [0.15, 0.2) is 18.3 Å². The minimum absolute atomic E-state index is 0.0827. The summed E-state index contributed by atoms with van der Waals surface area (Å²) < 4.78 is 1.68. The van der Waals surface area contributed by atoms with Gasteiger partial charge in [0.25, 0.3) is 5.69 Å². The van der Waals surface area contributed by atoms with Crippen molar-refractivity contribution < 1.29 is 9.72 Å². The van der Waals surface area contributed by atoms with E-state index < -0.39 is 0 Å². The highest BCUT2D eigenvalue weighted by Crippen LogP contribution is 2.45. The Labute approximate surface area is 164 Å². The Morgan fingerprint density at radius 3 is 2.79 bits per heavy atom. The first-order chi connectivity index (χ1) is 13.4. The SMILES string of the molecule is CCN(CC)C(=O)Nn1cc2c3c(cc([N+](=O)[O-])cc31)[C@H]1CCCN(C)[C@@H]1C2. The number of non-ortho nitro benzene ring substituents is 1. The van der Waals surface area contributed by atoms with E-state index in [-0.39, 0.29) is 16.6 Å². The van der Waals surface area contributed by atoms with Crippen LogP contribution in [0.1, 0.15) is 43.7 Å². The number of carbonyl (C=O) groups excluding carboxylic acids is 1. The molecule has 2 aliphatic rings. The number of nitrogens with zero attached hydrogens (tertiary/aromatic N) is 4. The third kappa shape index (κ3) is 2.92. The van der Waals surface area contributed by atoms with Crippen LogP contribution >= 0.6 is 0 Å². The summed E-state index contributed by atoms with van der Waals surface area (Å²) in [6, 6.07) is 3.48. The molecule has 1 fully saturated rings. The van der Waals surface area contributed by atoms with Crippen LogP contribution in [0.2, 0.25) is 0 Å². The first-order valence-electron chi connectivity index (χ1n) is 10.0. The minimum atomic E-state index is -0.338. The Bertz CT molecular complexity index is 934. The molecule has 1 aromatic heterocycles. The van der Waals surface area contributed by atoms with Crippen molar-refractivity contribution in [3.05, 3.63) is 39.6 Å². The van der Waals surface area contributed by atoms with Crippen molar-refractivity contribution in [2.75, 3.05) is 32.1 Å². The first kappa shape index (κ1) is 18.7. The molecule has 0 unspecified atom stereocenters. The number of carbonyl (C=O) groups is 1. The number of nitrogens with one attached hydrogen (secondary N) is 1. The van der Waals surface area contributed by atoms with Gasteiger partial charge in [0, 0.05) is 48.8 Å². The number of amides is 2. The molecule has 0 bridgehead atoms. The lowest BCUT2D eigenvalue weighted by atomic mass is 9.75. The van der Waals surface area contributed by atoms with Crippen molar-refractivity contribution in [2.45, 2.75) is 45.1 Å². The maximum absolute atomic E-state index is 12.6. The lowest BCUT2D eigenvalue weighted by molar-refractivity contribution is -0.384. The fraction of sp³-hybridized carbons (Fsp3) is 0.550. The van der Waals surface area contributed by atoms with Gasteiger partial charge in [0.1, 0.15) is 0 Å². The van der Waals surface area contributed by atoms with E-state index in [0.29, 0.717) is 30.6 Å². The van der Waals surface area contributed by atoms with Gasteiger partial charge in [-0.05, 0) is 57.8 Å². The average Bonchev–Trinajstić information content (AvgIpc) is 3.01. The number of rotatable bonds is 4. The fourth-order valence-corrected chi connectivity index (χ4v) is 4.90. The van der Waals surface area contributed by atoms with E-state index in [4.69, 9.17) is 0 Å². The molecule has 8 heteroatoms. The number of benzene rings is 1. The third-order valence-electron chi connectivity index (χ3n) is 6.36. The van der Waals surface area contributed by atoms with Crippen LogP contribution < -0.4 is 5.43 Å². The van der Waals surface area contributed by atoms with Gasteiger partial charge < -0.3 is 9.80 Å². The second kappa shape index (κ2) is 7.09. The Kier molecular flexibility index (Phi) is 4.74. The number of urea groups is 1. The van der Waals surface area contributed by atoms with Crippen molar-refractivity contribution in [3.63, 3.8) is 0 Å². The summed E-state index contributed by atoms with van der Waals surface area (Å²) in [5, 5.41) is 12.7. The van der Waals surface area contributed by atoms with E-state index in [1.54, 1.807) is 21.7 Å². The van der Waals surface area contributed by atoms with Gasteiger partial charge in [-0.3, -0.25) is 14.8 Å². The molecule has 1 aliphatic carbocycles. The largest absolute Gasteiger partial charge is 0.336 e. The van der Waals surface area contributed by atoms with Crippen molar-refractivity contribution in [2.24, 2.45) is 0 Å². The van der Waals surface area contributed by atoms with E-state index in [2.05, 4.69) is 17.4 Å². The number of likely N-dealkylation sites (N-methyl/N-ethyl adjacent to an activating group) is 1. The summed E-state index contributed by atoms with van der Waals surface area (Å²) in [5.74, 6) is 0.294. The van der Waals surface area contributed by atoms with Gasteiger partial charge >= 0.3 is 6.03 Å². The number of aromatic nitrogens is 1. The molecule has 150 valence electrons. The predicted molar refractivity (Wildman–Crippen MR) is 108 cm³/mol. The minimum Gasteiger partial charge on any atom is -0.324 e. The summed E-state index contributed by atoms with van der Waals surface area (Å²) in [5.41, 5.74) is 5.92. The number of likely N-dealkylation sites (tertiary alicyclic amines) is 1. The average molecular weight is 385 g/mol. The normalized spacial score (nSPS) is 21.4. The Morgan fingerprint density at radius 1 is 1.36 bits per heavy atom. The second-order valence-electron chi connectivity index (χ2n) is 7.80. The lowest BCUT2D eigenvalue weighted by Gasteiger charge is -2.42. The van der Waals surface area contributed by atoms with E-state index in [1.807, 2.05) is 20.0 Å². The molecule has 1 saturated heterocycles. The van der Waals surface area contributed by atoms with E-state index in [9.17, 15) is 14.9 Å². The smallest absolute Gasteiger partial charge is 0.324 e. The summed E-state index contributed by atoms with van der Waals surface area (Å²) in [6.07, 6.45) is 4.98. The van der Waals surface area contributed by atoms with Crippen molar-refractivity contribution in [1.82, 2.24) is 14.5 Å². The zero-order valence-corrected chi connectivity index (χ0v) is 16.6. The van der Waals surface area contributed by atoms with Gasteiger partial charge in [0.05, 0.1) is 10.4 Å². The molecule has 1 aliphatic heterocycles. The van der Waals surface area contributed by atoms with Gasteiger partial charge in [0.2, 0.25) is 0 Å². The van der Waals surface area contributed by atoms with Gasteiger partial charge in [-0.2, -0.15) is 0 Å². The Balaban J connectivity index is 1.84. The maximum Gasteiger partial charge on any atom is 0.336 e. The second-order valence-corrected chi connectivity index (χ2v) is 7.80. The number of nitro benzene ring substituents is 1. The highest BCUT2D eigenvalue weighted by molar-refractivity contribution is 5.93. The van der Waals surface area contributed by atoms with Crippen LogP contribution in [0, 0.1) is 10.1 Å². The van der Waals surface area contributed by atoms with Crippen LogP contribution in [-0.4, -0.2) is 58.2 Å². The van der Waals surface area contributed by atoms with Gasteiger partial charge in [-0.15, -0.1) is 0 Å². The van der Waals surface area contributed by atoms with Crippen LogP contribution in [0.25, 0.3) is 10.9 Å². The summed E-state index contributed by atoms with van der Waals surface area (Å²) in [6.45, 7) is 6.12. The summed E-state index contributed by atoms with van der Waals surface area (Å²) in [4.78, 5) is 27.9. The van der Waals surface area contributed by atoms with E-state index in [0.717, 1.165) is 42.3 Å². The Morgan fingerprint density at radius 2 is 2.11 bits per heavy atom. The third-order valence-corrected chi connectivity index (χ3v) is 6.36. The van der Waals surface area contributed by atoms with Gasteiger partial charge in [0.15, 0.2) is 0 Å². The maximum atomic E-state index is 12.6. The first-order valence-corrected chi connectivity index (χ1v) is 10.0. The molecule has 0 spiro atoms. The van der Waals surface area contributed by atoms with Crippen LogP contribution in [0.4, 0.5) is 10.5 Å². The molecule has 2 amide bonds. The molecule has 4 rings (SSSR count). The number of piperidine rings is 1. The molecule has 2 aromatic rings. The van der Waals surface area contributed by atoms with E-state index in [1.165, 1.54) is 0 Å². The number of hydrogen-bond donors (Lipinski definition) is 1. The topological polar surface area (TPSA) is 83.6 Å². The van der Waals surface area contributed by atoms with Crippen molar-refractivity contribution in [3.8, 4) is 0 Å². The van der Waals surface area contributed by atoms with Crippen molar-refractivity contribution >= 4 is 22.6 Å². The number of fused-ring (bicyclic) bond motifs is 2. The lowest BCUT2D eigenvalue weighted by Crippen LogP contribution is -2.44. The highest BCUT2D eigenvalue weighted by atomic mass is 16.6. The molecule has 2 atom stereocenters. The van der Waals surface area contributed by atoms with Crippen molar-refractivity contribution in [1.29, 1.82) is 0 Å². The quantitative estimate of drug-likeness (QED) is 0.647. The highest BCUT2D eigenvalue weighted by Gasteiger charge is 2.38. The summed E-state index contributed by atoms with van der Waals surface area (Å²) in [7, 11) is 2.13. The van der Waals surface area contributed by atoms with Crippen LogP contribution in [0.3, 0.4) is 0 Å². The predicted octanol–water partition coefficient (Wildman–Crippen LogP) is 3.29. The Hall–Kier alpha value is -2.61.